The molecule has 1 aliphatic rings. The summed E-state index contributed by atoms with van der Waals surface area (Å²) in [6.07, 6.45) is 1.45. The quantitative estimate of drug-likeness (QED) is 0.589. The van der Waals surface area contributed by atoms with E-state index < -0.39 is 11.8 Å². The normalized spacial score (nSPS) is 13.8. The van der Waals surface area contributed by atoms with Gasteiger partial charge in [-0.2, -0.15) is 0 Å². The van der Waals surface area contributed by atoms with Crippen molar-refractivity contribution < 1.29 is 14.7 Å². The fourth-order valence-corrected chi connectivity index (χ4v) is 2.03. The zero-order valence-corrected chi connectivity index (χ0v) is 9.70. The summed E-state index contributed by atoms with van der Waals surface area (Å²) < 4.78 is 0. The molecular weight excluding hydrogens is 246 g/mol. The number of nitrogens with zero attached hydrogens (tertiary/aromatic N) is 2. The third-order valence-corrected chi connectivity index (χ3v) is 2.90. The van der Waals surface area contributed by atoms with Crippen molar-refractivity contribution in [1.82, 2.24) is 4.98 Å². The summed E-state index contributed by atoms with van der Waals surface area (Å²) >= 11 is 0. The number of pyridine rings is 1. The fraction of sp³-hybridized carbons (Fsp3) is 0. The van der Waals surface area contributed by atoms with Crippen molar-refractivity contribution in [2.24, 2.45) is 0 Å². The number of hydrogen-bond acceptors (Lipinski definition) is 5. The first-order chi connectivity index (χ1) is 9.09. The molecule has 1 aromatic heterocycles. The van der Waals surface area contributed by atoms with E-state index in [1.807, 2.05) is 0 Å². The lowest BCUT2D eigenvalue weighted by Gasteiger charge is -2.15. The summed E-state index contributed by atoms with van der Waals surface area (Å²) in [6, 6.07) is 7.20. The SMILES string of the molecule is Nc1cc(O)ccc1N1C(=O)c2cccnc2C1=O. The Morgan fingerprint density at radius 2 is 1.95 bits per heavy atom. The summed E-state index contributed by atoms with van der Waals surface area (Å²) in [7, 11) is 0. The Labute approximate surface area is 108 Å². The lowest BCUT2D eigenvalue weighted by molar-refractivity contribution is 0.0925. The third kappa shape index (κ3) is 1.54. The molecular formula is C13H9N3O3. The molecule has 2 amide bonds. The Morgan fingerprint density at radius 3 is 2.63 bits per heavy atom. The van der Waals surface area contributed by atoms with Gasteiger partial charge in [-0.15, -0.1) is 0 Å². The summed E-state index contributed by atoms with van der Waals surface area (Å²) in [5, 5.41) is 9.30. The van der Waals surface area contributed by atoms with Crippen LogP contribution >= 0.6 is 0 Å². The molecule has 1 aliphatic heterocycles. The molecule has 0 fully saturated rings. The number of fused-ring (bicyclic) bond motifs is 1. The van der Waals surface area contributed by atoms with Crippen LogP contribution in [0.2, 0.25) is 0 Å². The molecule has 3 rings (SSSR count). The van der Waals surface area contributed by atoms with Crippen LogP contribution in [0.1, 0.15) is 20.8 Å². The first kappa shape index (κ1) is 11.2. The van der Waals surface area contributed by atoms with E-state index in [0.29, 0.717) is 0 Å². The van der Waals surface area contributed by atoms with E-state index in [2.05, 4.69) is 4.98 Å². The predicted octanol–water partition coefficient (Wildman–Crippen LogP) is 1.17. The van der Waals surface area contributed by atoms with Crippen LogP contribution < -0.4 is 10.6 Å². The van der Waals surface area contributed by atoms with Crippen LogP contribution in [0.5, 0.6) is 5.75 Å². The van der Waals surface area contributed by atoms with Crippen LogP contribution in [-0.4, -0.2) is 21.9 Å². The van der Waals surface area contributed by atoms with Gasteiger partial charge in [-0.1, -0.05) is 0 Å². The number of hydrogen-bond donors (Lipinski definition) is 2. The van der Waals surface area contributed by atoms with E-state index >= 15 is 0 Å². The molecule has 0 saturated heterocycles. The van der Waals surface area contributed by atoms with Crippen LogP contribution in [0.3, 0.4) is 0 Å². The standard InChI is InChI=1S/C13H9N3O3/c14-9-6-7(17)3-4-10(9)16-12(18)8-2-1-5-15-11(8)13(16)19/h1-6,17H,14H2. The van der Waals surface area contributed by atoms with Crippen molar-refractivity contribution in [3.8, 4) is 5.75 Å². The van der Waals surface area contributed by atoms with Crippen molar-refractivity contribution >= 4 is 23.2 Å². The highest BCUT2D eigenvalue weighted by Crippen LogP contribution is 2.32. The lowest BCUT2D eigenvalue weighted by Crippen LogP contribution is -2.30. The molecule has 0 unspecified atom stereocenters. The summed E-state index contributed by atoms with van der Waals surface area (Å²) in [5.41, 5.74) is 6.48. The molecule has 0 atom stereocenters. The number of anilines is 2. The number of benzene rings is 1. The smallest absolute Gasteiger partial charge is 0.284 e. The average molecular weight is 255 g/mol. The fourth-order valence-electron chi connectivity index (χ4n) is 2.03. The number of carbonyl (C=O) groups is 2. The molecule has 0 aliphatic carbocycles. The van der Waals surface area contributed by atoms with Crippen molar-refractivity contribution in [1.29, 1.82) is 0 Å². The van der Waals surface area contributed by atoms with Gasteiger partial charge in [-0.3, -0.25) is 14.6 Å². The number of imide groups is 1. The van der Waals surface area contributed by atoms with E-state index in [0.717, 1.165) is 4.90 Å². The second-order valence-electron chi connectivity index (χ2n) is 4.09. The van der Waals surface area contributed by atoms with Crippen molar-refractivity contribution in [3.63, 3.8) is 0 Å². The van der Waals surface area contributed by atoms with Crippen molar-refractivity contribution in [2.45, 2.75) is 0 Å². The Morgan fingerprint density at radius 1 is 1.16 bits per heavy atom. The largest absolute Gasteiger partial charge is 0.508 e. The Kier molecular flexibility index (Phi) is 2.25. The second kappa shape index (κ2) is 3.81. The van der Waals surface area contributed by atoms with Crippen molar-refractivity contribution in [2.75, 3.05) is 10.6 Å². The van der Waals surface area contributed by atoms with Gasteiger partial charge >= 0.3 is 0 Å². The number of amides is 2. The third-order valence-electron chi connectivity index (χ3n) is 2.90. The lowest BCUT2D eigenvalue weighted by atomic mass is 10.2. The first-order valence-corrected chi connectivity index (χ1v) is 5.52. The number of nitrogen functional groups attached to an aromatic ring is 1. The minimum atomic E-state index is -0.516. The zero-order valence-electron chi connectivity index (χ0n) is 9.70. The topological polar surface area (TPSA) is 96.5 Å². The molecule has 0 bridgehead atoms. The minimum absolute atomic E-state index is 0.0315. The maximum atomic E-state index is 12.2. The van der Waals surface area contributed by atoms with E-state index in [1.54, 1.807) is 12.1 Å². The zero-order chi connectivity index (χ0) is 13.6. The molecule has 1 aromatic carbocycles. The number of nitrogens with two attached hydrogens (primary N) is 1. The average Bonchev–Trinajstić information content (AvgIpc) is 2.64. The highest BCUT2D eigenvalue weighted by atomic mass is 16.3. The number of aromatic hydroxyl groups is 1. The van der Waals surface area contributed by atoms with E-state index in [-0.39, 0.29) is 28.4 Å². The molecule has 6 heteroatoms. The van der Waals surface area contributed by atoms with E-state index in [9.17, 15) is 14.7 Å². The number of carbonyl (C=O) groups excluding carboxylic acids is 2. The van der Waals surface area contributed by atoms with E-state index in [1.165, 1.54) is 24.4 Å². The van der Waals surface area contributed by atoms with Gasteiger partial charge in [0.25, 0.3) is 11.8 Å². The molecule has 94 valence electrons. The Balaban J connectivity index is 2.14. The van der Waals surface area contributed by atoms with Crippen LogP contribution in [-0.2, 0) is 0 Å². The number of phenolic OH excluding ortho intramolecular Hbond substituents is 1. The minimum Gasteiger partial charge on any atom is -0.508 e. The highest BCUT2D eigenvalue weighted by Gasteiger charge is 2.38. The first-order valence-electron chi connectivity index (χ1n) is 5.52. The predicted molar refractivity (Wildman–Crippen MR) is 67.9 cm³/mol. The summed E-state index contributed by atoms with van der Waals surface area (Å²) in [4.78, 5) is 29.2. The van der Waals surface area contributed by atoms with Crippen LogP contribution in [0.15, 0.2) is 36.5 Å². The second-order valence-corrected chi connectivity index (χ2v) is 4.09. The molecule has 2 aromatic rings. The highest BCUT2D eigenvalue weighted by molar-refractivity contribution is 6.34. The van der Waals surface area contributed by atoms with Gasteiger partial charge < -0.3 is 10.8 Å². The van der Waals surface area contributed by atoms with Gasteiger partial charge in [0.1, 0.15) is 11.4 Å². The van der Waals surface area contributed by atoms with Gasteiger partial charge in [-0.05, 0) is 24.3 Å². The summed E-state index contributed by atoms with van der Waals surface area (Å²) in [6.45, 7) is 0. The monoisotopic (exact) mass is 255 g/mol. The van der Waals surface area contributed by atoms with Crippen molar-refractivity contribution in [3.05, 3.63) is 47.8 Å². The maximum Gasteiger partial charge on any atom is 0.284 e. The molecule has 19 heavy (non-hydrogen) atoms. The Hall–Kier alpha value is -2.89. The van der Waals surface area contributed by atoms with Crippen LogP contribution in [0.25, 0.3) is 0 Å². The molecule has 0 radical (unpaired) electrons. The molecule has 6 nitrogen and oxygen atoms in total. The van der Waals surface area contributed by atoms with Gasteiger partial charge in [0, 0.05) is 12.3 Å². The molecule has 2 heterocycles. The van der Waals surface area contributed by atoms with Crippen LogP contribution in [0.4, 0.5) is 11.4 Å². The molecule has 3 N–H and O–H groups in total. The Bertz CT molecular complexity index is 677. The van der Waals surface area contributed by atoms with Gasteiger partial charge in [-0.25, -0.2) is 4.90 Å². The molecule has 0 saturated carbocycles. The van der Waals surface area contributed by atoms with E-state index in [4.69, 9.17) is 5.73 Å². The number of phenols is 1. The number of rotatable bonds is 1. The molecule has 0 spiro atoms. The van der Waals surface area contributed by atoms with Gasteiger partial charge in [0.05, 0.1) is 16.9 Å². The van der Waals surface area contributed by atoms with Gasteiger partial charge in [0.15, 0.2) is 0 Å². The maximum absolute atomic E-state index is 12.2. The number of aromatic nitrogens is 1. The van der Waals surface area contributed by atoms with Gasteiger partial charge in [0.2, 0.25) is 0 Å². The van der Waals surface area contributed by atoms with Crippen LogP contribution in [0, 0.1) is 0 Å². The summed E-state index contributed by atoms with van der Waals surface area (Å²) in [5.74, 6) is -1.01.